The van der Waals surface area contributed by atoms with Gasteiger partial charge < -0.3 is 10.2 Å². The summed E-state index contributed by atoms with van der Waals surface area (Å²) in [5, 5.41) is 18.7. The zero-order valence-corrected chi connectivity index (χ0v) is 7.71. The molecule has 2 aliphatic rings. The zero-order chi connectivity index (χ0) is 8.82. The summed E-state index contributed by atoms with van der Waals surface area (Å²) >= 11 is 0. The maximum atomic E-state index is 9.35. The van der Waals surface area contributed by atoms with E-state index in [1.165, 1.54) is 39.0 Å². The van der Waals surface area contributed by atoms with Gasteiger partial charge in [0, 0.05) is 6.42 Å². The molecule has 12 heavy (non-hydrogen) atoms. The van der Waals surface area contributed by atoms with Crippen molar-refractivity contribution in [1.29, 1.82) is 0 Å². The molecule has 0 atom stereocenters. The molecule has 0 heterocycles. The van der Waals surface area contributed by atoms with E-state index in [-0.39, 0.29) is 0 Å². The van der Waals surface area contributed by atoms with Gasteiger partial charge in [-0.3, -0.25) is 0 Å². The molecule has 70 valence electrons. The summed E-state index contributed by atoms with van der Waals surface area (Å²) in [4.78, 5) is 0. The van der Waals surface area contributed by atoms with E-state index < -0.39 is 5.79 Å². The molecule has 2 N–H and O–H groups in total. The van der Waals surface area contributed by atoms with E-state index in [1.807, 2.05) is 0 Å². The first-order chi connectivity index (χ1) is 5.49. The minimum absolute atomic E-state index is 0.295. The third-order valence-corrected chi connectivity index (χ3v) is 3.60. The van der Waals surface area contributed by atoms with Gasteiger partial charge in [-0.25, -0.2) is 0 Å². The summed E-state index contributed by atoms with van der Waals surface area (Å²) in [7, 11) is 0. The number of fused-ring (bicyclic) bond motifs is 2. The van der Waals surface area contributed by atoms with Crippen LogP contribution in [-0.4, -0.2) is 16.0 Å². The largest absolute Gasteiger partial charge is 0.366 e. The van der Waals surface area contributed by atoms with Crippen molar-refractivity contribution in [2.75, 3.05) is 0 Å². The second-order valence-corrected chi connectivity index (χ2v) is 5.04. The van der Waals surface area contributed by atoms with Crippen LogP contribution in [-0.2, 0) is 0 Å². The fraction of sp³-hybridized carbons (Fsp3) is 1.00. The van der Waals surface area contributed by atoms with E-state index in [2.05, 4.69) is 0 Å². The molecule has 0 saturated heterocycles. The fourth-order valence-electron chi connectivity index (χ4n) is 3.27. The third-order valence-electron chi connectivity index (χ3n) is 3.60. The third kappa shape index (κ3) is 1.50. The normalized spacial score (nSPS) is 40.8. The second kappa shape index (κ2) is 2.46. The molecule has 0 amide bonds. The van der Waals surface area contributed by atoms with Crippen molar-refractivity contribution in [3.8, 4) is 0 Å². The van der Waals surface area contributed by atoms with Gasteiger partial charge in [-0.1, -0.05) is 0 Å². The standard InChI is InChI=1S/C10H18O2/c1-9(11,12)7-10-4-2-8(6-10)3-5-10/h8,11-12H,2-7H2,1H3. The first-order valence-electron chi connectivity index (χ1n) is 4.94. The molecule has 2 heteroatoms. The number of aliphatic hydroxyl groups is 2. The van der Waals surface area contributed by atoms with Crippen molar-refractivity contribution < 1.29 is 10.2 Å². The minimum Gasteiger partial charge on any atom is -0.366 e. The Kier molecular flexibility index (Phi) is 1.74. The predicted octanol–water partition coefficient (Wildman–Crippen LogP) is 1.66. The minimum atomic E-state index is -1.45. The van der Waals surface area contributed by atoms with Gasteiger partial charge >= 0.3 is 0 Å². The van der Waals surface area contributed by atoms with Crippen LogP contribution in [0.25, 0.3) is 0 Å². The Balaban J connectivity index is 2.03. The highest BCUT2D eigenvalue weighted by atomic mass is 16.5. The average molecular weight is 170 g/mol. The van der Waals surface area contributed by atoms with Crippen LogP contribution >= 0.6 is 0 Å². The molecule has 2 bridgehead atoms. The molecule has 0 aliphatic heterocycles. The maximum absolute atomic E-state index is 9.35. The predicted molar refractivity (Wildman–Crippen MR) is 46.5 cm³/mol. The molecule has 0 aromatic rings. The lowest BCUT2D eigenvalue weighted by Crippen LogP contribution is -2.31. The summed E-state index contributed by atoms with van der Waals surface area (Å²) in [5.74, 6) is -0.550. The molecule has 0 aromatic heterocycles. The van der Waals surface area contributed by atoms with Gasteiger partial charge in [0.05, 0.1) is 0 Å². The summed E-state index contributed by atoms with van der Waals surface area (Å²) in [5.41, 5.74) is 0.295. The van der Waals surface area contributed by atoms with E-state index in [4.69, 9.17) is 0 Å². The van der Waals surface area contributed by atoms with Crippen LogP contribution in [0.1, 0.15) is 45.4 Å². The topological polar surface area (TPSA) is 40.5 Å². The van der Waals surface area contributed by atoms with Crippen molar-refractivity contribution in [2.24, 2.45) is 11.3 Å². The Morgan fingerprint density at radius 1 is 1.33 bits per heavy atom. The van der Waals surface area contributed by atoms with Gasteiger partial charge in [0.25, 0.3) is 0 Å². The van der Waals surface area contributed by atoms with Gasteiger partial charge in [0.1, 0.15) is 0 Å². The molecule has 2 saturated carbocycles. The van der Waals surface area contributed by atoms with Crippen molar-refractivity contribution >= 4 is 0 Å². The van der Waals surface area contributed by atoms with Crippen molar-refractivity contribution in [3.05, 3.63) is 0 Å². The molecular formula is C10H18O2. The number of rotatable bonds is 2. The molecular weight excluding hydrogens is 152 g/mol. The summed E-state index contributed by atoms with van der Waals surface area (Å²) < 4.78 is 0. The highest BCUT2D eigenvalue weighted by molar-refractivity contribution is 4.97. The lowest BCUT2D eigenvalue weighted by Gasteiger charge is -2.31. The van der Waals surface area contributed by atoms with Crippen LogP contribution in [0, 0.1) is 11.3 Å². The van der Waals surface area contributed by atoms with Crippen molar-refractivity contribution in [3.63, 3.8) is 0 Å². The Morgan fingerprint density at radius 2 is 1.92 bits per heavy atom. The summed E-state index contributed by atoms with van der Waals surface area (Å²) in [6, 6.07) is 0. The zero-order valence-electron chi connectivity index (χ0n) is 7.71. The Hall–Kier alpha value is -0.0800. The van der Waals surface area contributed by atoms with Crippen LogP contribution < -0.4 is 0 Å². The van der Waals surface area contributed by atoms with Gasteiger partial charge in [-0.05, 0) is 50.4 Å². The monoisotopic (exact) mass is 170 g/mol. The summed E-state index contributed by atoms with van der Waals surface area (Å²) in [6.45, 7) is 1.51. The first-order valence-corrected chi connectivity index (χ1v) is 4.94. The smallest absolute Gasteiger partial charge is 0.160 e. The van der Waals surface area contributed by atoms with E-state index in [0.717, 1.165) is 5.92 Å². The molecule has 0 unspecified atom stereocenters. The molecule has 2 fully saturated rings. The van der Waals surface area contributed by atoms with Crippen molar-refractivity contribution in [1.82, 2.24) is 0 Å². The van der Waals surface area contributed by atoms with Crippen LogP contribution in [0.2, 0.25) is 0 Å². The molecule has 0 spiro atoms. The van der Waals surface area contributed by atoms with E-state index in [9.17, 15) is 10.2 Å². The van der Waals surface area contributed by atoms with Gasteiger partial charge in [-0.15, -0.1) is 0 Å². The van der Waals surface area contributed by atoms with Crippen LogP contribution in [0.3, 0.4) is 0 Å². The number of hydrogen-bond acceptors (Lipinski definition) is 2. The van der Waals surface area contributed by atoms with Crippen molar-refractivity contribution in [2.45, 2.75) is 51.2 Å². The van der Waals surface area contributed by atoms with Crippen LogP contribution in [0.4, 0.5) is 0 Å². The van der Waals surface area contributed by atoms with E-state index >= 15 is 0 Å². The summed E-state index contributed by atoms with van der Waals surface area (Å²) in [6.07, 6.45) is 6.88. The van der Waals surface area contributed by atoms with Crippen LogP contribution in [0.5, 0.6) is 0 Å². The highest BCUT2D eigenvalue weighted by Gasteiger charge is 2.47. The van der Waals surface area contributed by atoms with E-state index in [0.29, 0.717) is 11.8 Å². The number of hydrogen-bond donors (Lipinski definition) is 2. The van der Waals surface area contributed by atoms with Crippen LogP contribution in [0.15, 0.2) is 0 Å². The van der Waals surface area contributed by atoms with Gasteiger partial charge in [-0.2, -0.15) is 0 Å². The molecule has 0 radical (unpaired) electrons. The SMILES string of the molecule is CC(O)(O)CC12CCC(CC1)C2. The highest BCUT2D eigenvalue weighted by Crippen LogP contribution is 2.57. The first kappa shape index (κ1) is 8.52. The molecule has 2 rings (SSSR count). The second-order valence-electron chi connectivity index (χ2n) is 5.04. The lowest BCUT2D eigenvalue weighted by molar-refractivity contribution is -0.169. The maximum Gasteiger partial charge on any atom is 0.160 e. The molecule has 2 aliphatic carbocycles. The Labute approximate surface area is 73.6 Å². The molecule has 0 aromatic carbocycles. The average Bonchev–Trinajstić information content (AvgIpc) is 2.40. The van der Waals surface area contributed by atoms with Gasteiger partial charge in [0.15, 0.2) is 5.79 Å². The Morgan fingerprint density at radius 3 is 2.25 bits per heavy atom. The Bertz CT molecular complexity index is 173. The lowest BCUT2D eigenvalue weighted by atomic mass is 9.79. The molecule has 2 nitrogen and oxygen atoms in total. The van der Waals surface area contributed by atoms with Gasteiger partial charge in [0.2, 0.25) is 0 Å². The fourth-order valence-corrected chi connectivity index (χ4v) is 3.27. The quantitative estimate of drug-likeness (QED) is 0.619. The van der Waals surface area contributed by atoms with E-state index in [1.54, 1.807) is 0 Å².